The number of para-hydroxylation sites is 1. The first kappa shape index (κ1) is 19.2. The lowest BCUT2D eigenvalue weighted by molar-refractivity contribution is -0.0983. The number of benzene rings is 2. The summed E-state index contributed by atoms with van der Waals surface area (Å²) < 4.78 is 11.5. The van der Waals surface area contributed by atoms with Crippen LogP contribution in [0.15, 0.2) is 48.5 Å². The van der Waals surface area contributed by atoms with Crippen LogP contribution in [0.4, 0.5) is 0 Å². The van der Waals surface area contributed by atoms with Gasteiger partial charge >= 0.3 is 7.12 Å². The van der Waals surface area contributed by atoms with Crippen molar-refractivity contribution in [1.29, 1.82) is 0 Å². The fourth-order valence-electron chi connectivity index (χ4n) is 2.04. The Balaban J connectivity index is 2.26. The molecule has 0 saturated heterocycles. The Labute approximate surface area is 148 Å². The van der Waals surface area contributed by atoms with Gasteiger partial charge in [0, 0.05) is 11.0 Å². The standard InChI is InChI=1S/C19H23BO5/c1-18(2,22)19(3,4)25-20(23)16-10-5-6-11-17(16)24-15-9-7-8-14(12-15)13-21/h5-13,22-23H,1-4H3. The van der Waals surface area contributed by atoms with Crippen LogP contribution >= 0.6 is 0 Å². The van der Waals surface area contributed by atoms with Crippen molar-refractivity contribution in [1.82, 2.24) is 0 Å². The van der Waals surface area contributed by atoms with Gasteiger partial charge in [0.05, 0.1) is 11.2 Å². The van der Waals surface area contributed by atoms with E-state index in [2.05, 4.69) is 0 Å². The summed E-state index contributed by atoms with van der Waals surface area (Å²) in [6.45, 7) is 6.64. The van der Waals surface area contributed by atoms with E-state index in [9.17, 15) is 14.9 Å². The molecule has 0 bridgehead atoms. The molecular weight excluding hydrogens is 319 g/mol. The molecule has 0 fully saturated rings. The van der Waals surface area contributed by atoms with E-state index in [4.69, 9.17) is 9.39 Å². The highest BCUT2D eigenvalue weighted by Gasteiger charge is 2.40. The minimum Gasteiger partial charge on any atom is -0.458 e. The molecule has 2 N–H and O–H groups in total. The lowest BCUT2D eigenvalue weighted by Gasteiger charge is -2.38. The first-order valence-electron chi connectivity index (χ1n) is 8.04. The number of aldehydes is 1. The van der Waals surface area contributed by atoms with Crippen molar-refractivity contribution < 1.29 is 24.3 Å². The summed E-state index contributed by atoms with van der Waals surface area (Å²) in [7, 11) is -1.29. The summed E-state index contributed by atoms with van der Waals surface area (Å²) in [4.78, 5) is 10.9. The Hall–Kier alpha value is -2.15. The van der Waals surface area contributed by atoms with E-state index in [1.54, 1.807) is 76.2 Å². The lowest BCUT2D eigenvalue weighted by Crippen LogP contribution is -2.53. The highest BCUT2D eigenvalue weighted by Crippen LogP contribution is 2.27. The molecule has 0 atom stereocenters. The zero-order chi connectivity index (χ0) is 18.7. The number of carbonyl (C=O) groups is 1. The van der Waals surface area contributed by atoms with Gasteiger partial charge in [0.15, 0.2) is 0 Å². The summed E-state index contributed by atoms with van der Waals surface area (Å²) in [5.41, 5.74) is -1.22. The normalized spacial score (nSPS) is 11.9. The summed E-state index contributed by atoms with van der Waals surface area (Å²) in [6, 6.07) is 13.6. The maximum atomic E-state index is 10.9. The molecule has 2 aromatic carbocycles. The minimum absolute atomic E-state index is 0.407. The Kier molecular flexibility index (Phi) is 5.67. The number of hydrogen-bond donors (Lipinski definition) is 2. The average molecular weight is 342 g/mol. The number of hydrogen-bond acceptors (Lipinski definition) is 5. The van der Waals surface area contributed by atoms with Crippen LogP contribution in [0, 0.1) is 0 Å². The van der Waals surface area contributed by atoms with Crippen molar-refractivity contribution in [2.45, 2.75) is 38.9 Å². The third-order valence-corrected chi connectivity index (χ3v) is 4.29. The first-order chi connectivity index (χ1) is 11.6. The van der Waals surface area contributed by atoms with E-state index < -0.39 is 18.3 Å². The number of aliphatic hydroxyl groups is 1. The molecule has 0 saturated carbocycles. The second-order valence-electron chi connectivity index (χ2n) is 6.87. The molecule has 0 aliphatic heterocycles. The predicted molar refractivity (Wildman–Crippen MR) is 97.4 cm³/mol. The van der Waals surface area contributed by atoms with Crippen molar-refractivity contribution in [2.75, 3.05) is 0 Å². The molecule has 0 radical (unpaired) electrons. The first-order valence-corrected chi connectivity index (χ1v) is 8.04. The van der Waals surface area contributed by atoms with Gasteiger partial charge in [-0.25, -0.2) is 0 Å². The van der Waals surface area contributed by atoms with Gasteiger partial charge in [0.25, 0.3) is 0 Å². The van der Waals surface area contributed by atoms with Gasteiger partial charge < -0.3 is 19.5 Å². The molecule has 132 valence electrons. The second-order valence-corrected chi connectivity index (χ2v) is 6.87. The zero-order valence-corrected chi connectivity index (χ0v) is 14.9. The minimum atomic E-state index is -1.29. The SMILES string of the molecule is CC(C)(O)C(C)(C)OB(O)c1ccccc1Oc1cccc(C=O)c1. The molecule has 0 aliphatic carbocycles. The fourth-order valence-corrected chi connectivity index (χ4v) is 2.04. The van der Waals surface area contributed by atoms with E-state index in [0.717, 1.165) is 6.29 Å². The largest absolute Gasteiger partial charge is 0.495 e. The van der Waals surface area contributed by atoms with Crippen LogP contribution in [0.25, 0.3) is 0 Å². The van der Waals surface area contributed by atoms with Gasteiger partial charge in [0.1, 0.15) is 17.8 Å². The van der Waals surface area contributed by atoms with Crippen molar-refractivity contribution >= 4 is 18.9 Å². The van der Waals surface area contributed by atoms with E-state index >= 15 is 0 Å². The van der Waals surface area contributed by atoms with Crippen molar-refractivity contribution in [3.63, 3.8) is 0 Å². The summed E-state index contributed by atoms with van der Waals surface area (Å²) in [5, 5.41) is 20.7. The molecule has 25 heavy (non-hydrogen) atoms. The van der Waals surface area contributed by atoms with E-state index in [0.29, 0.717) is 22.5 Å². The van der Waals surface area contributed by atoms with Crippen LogP contribution in [-0.2, 0) is 4.65 Å². The molecule has 0 aliphatic rings. The van der Waals surface area contributed by atoms with Crippen LogP contribution in [0.1, 0.15) is 38.1 Å². The van der Waals surface area contributed by atoms with Gasteiger partial charge in [-0.15, -0.1) is 0 Å². The lowest BCUT2D eigenvalue weighted by atomic mass is 9.76. The molecule has 2 rings (SSSR count). The number of rotatable bonds is 7. The highest BCUT2D eigenvalue weighted by atomic mass is 16.6. The van der Waals surface area contributed by atoms with E-state index in [1.807, 2.05) is 0 Å². The monoisotopic (exact) mass is 342 g/mol. The van der Waals surface area contributed by atoms with Crippen molar-refractivity contribution in [2.24, 2.45) is 0 Å². The molecule has 5 nitrogen and oxygen atoms in total. The quantitative estimate of drug-likeness (QED) is 0.597. The topological polar surface area (TPSA) is 76.0 Å². The van der Waals surface area contributed by atoms with Crippen LogP contribution < -0.4 is 10.2 Å². The third kappa shape index (κ3) is 4.69. The third-order valence-electron chi connectivity index (χ3n) is 4.29. The second kappa shape index (κ2) is 7.39. The number of ether oxygens (including phenoxy) is 1. The zero-order valence-electron chi connectivity index (χ0n) is 14.9. The van der Waals surface area contributed by atoms with Gasteiger partial charge in [-0.2, -0.15) is 0 Å². The van der Waals surface area contributed by atoms with Crippen LogP contribution in [0.3, 0.4) is 0 Å². The maximum absolute atomic E-state index is 10.9. The van der Waals surface area contributed by atoms with Crippen LogP contribution in [0.5, 0.6) is 11.5 Å². The van der Waals surface area contributed by atoms with Gasteiger partial charge in [0.2, 0.25) is 0 Å². The Morgan fingerprint density at radius 2 is 1.72 bits per heavy atom. The number of carbonyl (C=O) groups excluding carboxylic acids is 1. The van der Waals surface area contributed by atoms with Crippen molar-refractivity contribution in [3.8, 4) is 11.5 Å². The van der Waals surface area contributed by atoms with Crippen molar-refractivity contribution in [3.05, 3.63) is 54.1 Å². The van der Waals surface area contributed by atoms with Gasteiger partial charge in [-0.05, 0) is 45.9 Å². The molecule has 0 amide bonds. The molecular formula is C19H23BO5. The molecule has 0 heterocycles. The molecule has 6 heteroatoms. The maximum Gasteiger partial charge on any atom is 0.495 e. The Bertz CT molecular complexity index is 737. The highest BCUT2D eigenvalue weighted by molar-refractivity contribution is 6.61. The molecule has 0 aromatic heterocycles. The summed E-state index contributed by atoms with van der Waals surface area (Å²) in [6.07, 6.45) is 0.739. The van der Waals surface area contributed by atoms with E-state index in [1.165, 1.54) is 0 Å². The fraction of sp³-hybridized carbons (Fsp3) is 0.316. The molecule has 0 unspecified atom stereocenters. The Morgan fingerprint density at radius 1 is 1.04 bits per heavy atom. The average Bonchev–Trinajstić information content (AvgIpc) is 2.54. The molecule has 0 spiro atoms. The van der Waals surface area contributed by atoms with Crippen LogP contribution in [-0.4, -0.2) is 34.7 Å². The predicted octanol–water partition coefficient (Wildman–Crippen LogP) is 2.55. The smallest absolute Gasteiger partial charge is 0.458 e. The van der Waals surface area contributed by atoms with Crippen LogP contribution in [0.2, 0.25) is 0 Å². The summed E-state index contributed by atoms with van der Waals surface area (Å²) in [5.74, 6) is 0.885. The molecule has 2 aromatic rings. The Morgan fingerprint density at radius 3 is 2.36 bits per heavy atom. The van der Waals surface area contributed by atoms with Gasteiger partial charge in [-0.1, -0.05) is 30.3 Å². The van der Waals surface area contributed by atoms with E-state index in [-0.39, 0.29) is 0 Å². The van der Waals surface area contributed by atoms with Gasteiger partial charge in [-0.3, -0.25) is 4.79 Å². The summed E-state index contributed by atoms with van der Waals surface area (Å²) >= 11 is 0.